The van der Waals surface area contributed by atoms with Gasteiger partial charge in [0.25, 0.3) is 0 Å². The maximum Gasteiger partial charge on any atom is 0.249 e. The van der Waals surface area contributed by atoms with Crippen LogP contribution < -0.4 is 20.7 Å². The quantitative estimate of drug-likeness (QED) is 0.191. The largest absolute Gasteiger partial charge is 0.473 e. The van der Waals surface area contributed by atoms with Crippen molar-refractivity contribution in [2.75, 3.05) is 13.1 Å². The zero-order chi connectivity index (χ0) is 35.8. The number of aliphatic hydroxyl groups is 1. The molecule has 2 aliphatic heterocycles. The second-order valence-electron chi connectivity index (χ2n) is 13.5. The molecule has 7 atom stereocenters. The lowest BCUT2D eigenvalue weighted by atomic mass is 9.81. The molecule has 2 aliphatic rings. The van der Waals surface area contributed by atoms with Crippen LogP contribution in [-0.2, 0) is 27.2 Å². The average molecular weight is 692 g/mol. The first-order chi connectivity index (χ1) is 24.0. The maximum absolute atomic E-state index is 14.4. The fourth-order valence-corrected chi connectivity index (χ4v) is 7.26. The van der Waals surface area contributed by atoms with Gasteiger partial charge in [0.05, 0.1) is 12.1 Å². The molecule has 0 bridgehead atoms. The number of ether oxygens (including phenoxy) is 1. The van der Waals surface area contributed by atoms with Crippen LogP contribution >= 0.6 is 0 Å². The second kappa shape index (κ2) is 16.5. The number of hydrogen-bond donors (Lipinski definition) is 4. The van der Waals surface area contributed by atoms with Crippen LogP contribution in [0.2, 0.25) is 0 Å². The van der Waals surface area contributed by atoms with Gasteiger partial charge in [-0.3, -0.25) is 14.4 Å². The third-order valence-electron chi connectivity index (χ3n) is 10.1. The molecule has 2 aromatic carbocycles. The molecule has 3 heterocycles. The summed E-state index contributed by atoms with van der Waals surface area (Å²) < 4.78 is 34.6. The van der Waals surface area contributed by atoms with Crippen LogP contribution in [0.5, 0.6) is 5.88 Å². The van der Waals surface area contributed by atoms with Gasteiger partial charge in [-0.25, -0.2) is 13.8 Å². The molecule has 0 aliphatic carbocycles. The summed E-state index contributed by atoms with van der Waals surface area (Å²) in [5, 5.41) is 20.9. The molecule has 0 radical (unpaired) electrons. The lowest BCUT2D eigenvalue weighted by Gasteiger charge is -2.36. The van der Waals surface area contributed by atoms with E-state index in [1.54, 1.807) is 18.3 Å². The number of hydrogen-bond acceptors (Lipinski definition) is 7. The number of carbonyl (C=O) groups is 3. The molecular weight excluding hydrogens is 644 g/mol. The van der Waals surface area contributed by atoms with Gasteiger partial charge >= 0.3 is 0 Å². The zero-order valence-corrected chi connectivity index (χ0v) is 28.8. The maximum atomic E-state index is 14.4. The van der Waals surface area contributed by atoms with E-state index in [4.69, 9.17) is 4.74 Å². The standard InChI is InChI=1S/C38H47F2N5O5/c1-4-24(2)38(44-25(3)46)15-17-45(37(38)49)33(14-13-26-10-6-5-7-11-26)36(48)43-32(20-27-18-28(39)21-29(40)19-27)35(47)31-22-30(23-42-31)50-34-12-8-9-16-41-34/h5-12,16,18-19,21,24,30-33,35,42,47H,4,13-15,17,20,22-23H2,1-3H3,(H,43,48)(H,44,46)/t24-,30+,31-,32+,33?,35-,38?/m1/s1. The van der Waals surface area contributed by atoms with Gasteiger partial charge in [-0.05, 0) is 60.9 Å². The molecule has 2 saturated heterocycles. The number of aryl methyl sites for hydroxylation is 1. The Morgan fingerprint density at radius 3 is 2.48 bits per heavy atom. The molecule has 0 spiro atoms. The first kappa shape index (κ1) is 36.9. The number of nitrogens with zero attached hydrogens (tertiary/aromatic N) is 2. The van der Waals surface area contributed by atoms with Gasteiger partial charge in [-0.1, -0.05) is 56.7 Å². The van der Waals surface area contributed by atoms with Gasteiger partial charge in [0.15, 0.2) is 0 Å². The number of aromatic nitrogens is 1. The van der Waals surface area contributed by atoms with Crippen LogP contribution in [0.1, 0.15) is 57.6 Å². The SMILES string of the molecule is CC[C@@H](C)C1(NC(C)=O)CCN(C(CCc2ccccc2)C(=O)N[C@@H](Cc2cc(F)cc(F)c2)[C@H](O)[C@H]2C[C@H](Oc3ccccn3)CN2)C1=O. The Labute approximate surface area is 292 Å². The van der Waals surface area contributed by atoms with Gasteiger partial charge in [0, 0.05) is 50.8 Å². The van der Waals surface area contributed by atoms with Crippen LogP contribution in [0.4, 0.5) is 8.78 Å². The smallest absolute Gasteiger partial charge is 0.249 e. The molecule has 4 N–H and O–H groups in total. The Bertz CT molecular complexity index is 1600. The van der Waals surface area contributed by atoms with Gasteiger partial charge in [-0.2, -0.15) is 0 Å². The molecule has 50 heavy (non-hydrogen) atoms. The number of rotatable bonds is 15. The average Bonchev–Trinajstić information content (AvgIpc) is 3.68. The molecule has 2 unspecified atom stereocenters. The van der Waals surface area contributed by atoms with E-state index < -0.39 is 47.3 Å². The Morgan fingerprint density at radius 1 is 1.10 bits per heavy atom. The van der Waals surface area contributed by atoms with Gasteiger partial charge in [0.1, 0.15) is 29.3 Å². The van der Waals surface area contributed by atoms with Crippen molar-refractivity contribution in [3.05, 3.63) is 95.7 Å². The van der Waals surface area contributed by atoms with E-state index in [1.807, 2.05) is 50.2 Å². The second-order valence-corrected chi connectivity index (χ2v) is 13.5. The molecule has 3 amide bonds. The number of amides is 3. The van der Waals surface area contributed by atoms with E-state index in [1.165, 1.54) is 24.0 Å². The summed E-state index contributed by atoms with van der Waals surface area (Å²) in [5.41, 5.74) is 0.0823. The van der Waals surface area contributed by atoms with Crippen molar-refractivity contribution >= 4 is 17.7 Å². The highest BCUT2D eigenvalue weighted by Gasteiger charge is 2.53. The highest BCUT2D eigenvalue weighted by atomic mass is 19.1. The van der Waals surface area contributed by atoms with Crippen LogP contribution in [0, 0.1) is 17.6 Å². The summed E-state index contributed by atoms with van der Waals surface area (Å²) in [6.07, 6.45) is 2.17. The first-order valence-electron chi connectivity index (χ1n) is 17.4. The number of benzene rings is 2. The molecule has 1 aromatic heterocycles. The zero-order valence-electron chi connectivity index (χ0n) is 28.8. The minimum atomic E-state index is -1.19. The van der Waals surface area contributed by atoms with Crippen molar-refractivity contribution in [1.29, 1.82) is 0 Å². The Hall–Kier alpha value is -4.42. The minimum absolute atomic E-state index is 0.0758. The van der Waals surface area contributed by atoms with Gasteiger partial charge < -0.3 is 30.7 Å². The van der Waals surface area contributed by atoms with Crippen molar-refractivity contribution in [2.45, 2.75) is 95.2 Å². The fraction of sp³-hybridized carbons (Fsp3) is 0.474. The highest BCUT2D eigenvalue weighted by Crippen LogP contribution is 2.35. The van der Waals surface area contributed by atoms with Crippen LogP contribution in [0.3, 0.4) is 0 Å². The van der Waals surface area contributed by atoms with Gasteiger partial charge in [0.2, 0.25) is 23.6 Å². The predicted octanol–water partition coefficient (Wildman–Crippen LogP) is 3.71. The Morgan fingerprint density at radius 2 is 1.82 bits per heavy atom. The lowest BCUT2D eigenvalue weighted by Crippen LogP contribution is -2.61. The van der Waals surface area contributed by atoms with Gasteiger partial charge in [-0.15, -0.1) is 0 Å². The molecule has 10 nitrogen and oxygen atoms in total. The number of nitrogens with one attached hydrogen (secondary N) is 3. The van der Waals surface area contributed by atoms with E-state index >= 15 is 0 Å². The molecule has 268 valence electrons. The predicted molar refractivity (Wildman–Crippen MR) is 184 cm³/mol. The number of likely N-dealkylation sites (tertiary alicyclic amines) is 1. The number of carbonyl (C=O) groups excluding carboxylic acids is 3. The molecule has 3 aromatic rings. The molecular formula is C38H47F2N5O5. The minimum Gasteiger partial charge on any atom is -0.473 e. The van der Waals surface area contributed by atoms with Crippen molar-refractivity contribution in [3.8, 4) is 5.88 Å². The Balaban J connectivity index is 1.41. The van der Waals surface area contributed by atoms with Crippen molar-refractivity contribution in [3.63, 3.8) is 0 Å². The number of halogens is 2. The van der Waals surface area contributed by atoms with E-state index in [2.05, 4.69) is 20.9 Å². The van der Waals surface area contributed by atoms with Crippen LogP contribution in [0.25, 0.3) is 0 Å². The van der Waals surface area contributed by atoms with E-state index in [0.29, 0.717) is 38.1 Å². The molecule has 2 fully saturated rings. The topological polar surface area (TPSA) is 133 Å². The van der Waals surface area contributed by atoms with Crippen molar-refractivity contribution < 1.29 is 33.0 Å². The summed E-state index contributed by atoms with van der Waals surface area (Å²) in [5.74, 6) is -2.45. The Kier molecular flexibility index (Phi) is 12.2. The van der Waals surface area contributed by atoms with E-state index in [0.717, 1.165) is 11.6 Å². The fourth-order valence-electron chi connectivity index (χ4n) is 7.26. The summed E-state index contributed by atoms with van der Waals surface area (Å²) in [7, 11) is 0. The molecule has 12 heteroatoms. The van der Waals surface area contributed by atoms with E-state index in [9.17, 15) is 28.3 Å². The number of pyridine rings is 1. The van der Waals surface area contributed by atoms with Crippen LogP contribution in [0.15, 0.2) is 72.9 Å². The third-order valence-corrected chi connectivity index (χ3v) is 10.1. The van der Waals surface area contributed by atoms with E-state index in [-0.39, 0.29) is 48.8 Å². The molecule has 0 saturated carbocycles. The third kappa shape index (κ3) is 8.83. The van der Waals surface area contributed by atoms with Crippen molar-refractivity contribution in [2.24, 2.45) is 5.92 Å². The van der Waals surface area contributed by atoms with Crippen LogP contribution in [-0.4, -0.2) is 81.7 Å². The summed E-state index contributed by atoms with van der Waals surface area (Å²) >= 11 is 0. The normalized spacial score (nSPS) is 22.8. The van der Waals surface area contributed by atoms with Crippen molar-refractivity contribution in [1.82, 2.24) is 25.8 Å². The molecule has 5 rings (SSSR count). The first-order valence-corrected chi connectivity index (χ1v) is 17.4. The highest BCUT2D eigenvalue weighted by molar-refractivity contribution is 5.96. The summed E-state index contributed by atoms with van der Waals surface area (Å²) in [6, 6.07) is 15.6. The number of aliphatic hydroxyl groups excluding tert-OH is 1. The summed E-state index contributed by atoms with van der Waals surface area (Å²) in [4.78, 5) is 46.8. The monoisotopic (exact) mass is 691 g/mol. The summed E-state index contributed by atoms with van der Waals surface area (Å²) in [6.45, 7) is 5.91. The lowest BCUT2D eigenvalue weighted by molar-refractivity contribution is -0.144.